The van der Waals surface area contributed by atoms with Gasteiger partial charge < -0.3 is 31.9 Å². The molecule has 6 rings (SSSR count). The Labute approximate surface area is 318 Å². The molecule has 14 nitrogen and oxygen atoms in total. The number of hydrogen-bond donors (Lipinski definition) is 4. The second-order valence-electron chi connectivity index (χ2n) is 14.8. The van der Waals surface area contributed by atoms with Crippen LogP contribution in [0.3, 0.4) is 0 Å². The Morgan fingerprint density at radius 3 is 1.53 bits per heavy atom. The smallest absolute Gasteiger partial charge is 0.318 e. The molecule has 55 heavy (non-hydrogen) atoms. The highest BCUT2D eigenvalue weighted by Crippen LogP contribution is 2.31. The predicted octanol–water partition coefficient (Wildman–Crippen LogP) is 5.39. The second kappa shape index (κ2) is 16.7. The van der Waals surface area contributed by atoms with Crippen LogP contribution in [0.15, 0.2) is 42.5 Å². The Bertz CT molecular complexity index is 2080. The summed E-state index contributed by atoms with van der Waals surface area (Å²) in [6.07, 6.45) is 0. The second-order valence-corrected chi connectivity index (χ2v) is 14.8. The van der Waals surface area contributed by atoms with Crippen molar-refractivity contribution in [2.45, 2.75) is 92.6 Å². The zero-order valence-electron chi connectivity index (χ0n) is 32.4. The summed E-state index contributed by atoms with van der Waals surface area (Å²) in [5.74, 6) is -3.95. The van der Waals surface area contributed by atoms with Crippen LogP contribution in [0.25, 0.3) is 22.5 Å². The average molecular weight is 767 g/mol. The average Bonchev–Trinajstić information content (AvgIpc) is 3.68. The van der Waals surface area contributed by atoms with Gasteiger partial charge >= 0.3 is 12.1 Å². The first-order valence-electron chi connectivity index (χ1n) is 17.9. The number of carbonyl (C=O) groups is 4. The van der Waals surface area contributed by atoms with Gasteiger partial charge in [0.25, 0.3) is 11.8 Å². The number of nitrogens with two attached hydrogens (primary N) is 2. The maximum Gasteiger partial charge on any atom is 0.318 e. The van der Waals surface area contributed by atoms with Gasteiger partial charge in [0.1, 0.15) is 17.2 Å². The van der Waals surface area contributed by atoms with Crippen molar-refractivity contribution in [2.24, 2.45) is 11.5 Å². The largest absolute Gasteiger partial charge is 0.365 e. The highest BCUT2D eigenvalue weighted by Gasteiger charge is 2.33. The summed E-state index contributed by atoms with van der Waals surface area (Å²) in [6, 6.07) is 8.89. The van der Waals surface area contributed by atoms with Gasteiger partial charge in [-0.1, -0.05) is 26.0 Å². The molecule has 0 radical (unpaired) electrons. The highest BCUT2D eigenvalue weighted by molar-refractivity contribution is 6.01. The molecule has 17 heteroatoms. The highest BCUT2D eigenvalue weighted by atomic mass is 19.2. The third-order valence-corrected chi connectivity index (χ3v) is 8.31. The molecule has 0 fully saturated rings. The van der Waals surface area contributed by atoms with Crippen molar-refractivity contribution in [1.82, 2.24) is 40.0 Å². The molecule has 6 N–H and O–H groups in total. The normalized spacial score (nSPS) is 13.7. The van der Waals surface area contributed by atoms with E-state index in [-0.39, 0.29) is 64.3 Å². The molecular weight excluding hydrogens is 717 g/mol. The van der Waals surface area contributed by atoms with Crippen LogP contribution in [0.1, 0.15) is 87.5 Å². The van der Waals surface area contributed by atoms with Gasteiger partial charge in [-0.2, -0.15) is 10.2 Å². The number of amides is 6. The van der Waals surface area contributed by atoms with Gasteiger partial charge in [0.15, 0.2) is 11.6 Å². The Kier molecular flexibility index (Phi) is 12.7. The van der Waals surface area contributed by atoms with E-state index in [1.807, 2.05) is 55.4 Å². The van der Waals surface area contributed by atoms with Gasteiger partial charge in [-0.25, -0.2) is 22.8 Å². The number of primary amides is 2. The molecule has 0 bridgehead atoms. The minimum Gasteiger partial charge on any atom is -0.365 e. The molecule has 296 valence electrons. The molecule has 0 atom stereocenters. The van der Waals surface area contributed by atoms with Gasteiger partial charge in [-0.05, 0) is 71.9 Å². The van der Waals surface area contributed by atoms with E-state index < -0.39 is 34.8 Å². The molecule has 2 aliphatic rings. The maximum atomic E-state index is 14.2. The minimum atomic E-state index is -1.04. The summed E-state index contributed by atoms with van der Waals surface area (Å²) < 4.78 is 44.3. The fourth-order valence-corrected chi connectivity index (χ4v) is 5.99. The molecule has 6 amide bonds. The maximum absolute atomic E-state index is 14.2. The van der Waals surface area contributed by atoms with E-state index in [0.717, 1.165) is 12.1 Å². The van der Waals surface area contributed by atoms with Crippen LogP contribution in [-0.4, -0.2) is 77.4 Å². The summed E-state index contributed by atoms with van der Waals surface area (Å²) >= 11 is 0. The lowest BCUT2D eigenvalue weighted by Crippen LogP contribution is -2.50. The first kappa shape index (κ1) is 41.9. The van der Waals surface area contributed by atoms with Crippen molar-refractivity contribution < 1.29 is 32.3 Å². The van der Waals surface area contributed by atoms with E-state index in [1.165, 1.54) is 12.1 Å². The zero-order valence-corrected chi connectivity index (χ0v) is 32.4. The minimum absolute atomic E-state index is 0.106. The zero-order chi connectivity index (χ0) is 41.0. The molecule has 0 saturated carbocycles. The molecule has 4 aromatic rings. The molecular formula is C38H49F3N10O4. The van der Waals surface area contributed by atoms with Crippen LogP contribution in [0, 0.1) is 17.5 Å². The topological polar surface area (TPSA) is 186 Å². The van der Waals surface area contributed by atoms with Crippen LogP contribution in [0.5, 0.6) is 0 Å². The standard InChI is InChI=1S/C18H21F2N5O2.C18H22FN5O2.C2H6/c1-18(2,3)22-17(27)24-6-7-25-13(9-24)14(16(21)26)15(23-25)10-4-5-11(19)12(20)8-10;1-18(2,3)21-17(26)23-8-9-24-13(10-23)14(16(20)25)15(22-24)11-6-4-5-7-12(11)19;1-2/h4-5,8H,6-7,9H2,1-3H3,(H2,21,26)(H,22,27);4-7H,8-10H2,1-3H3,(H2,20,25)(H,21,26);1-2H3. The fourth-order valence-electron chi connectivity index (χ4n) is 5.99. The first-order valence-corrected chi connectivity index (χ1v) is 17.9. The number of nitrogens with zero attached hydrogens (tertiary/aromatic N) is 6. The summed E-state index contributed by atoms with van der Waals surface area (Å²) in [6.45, 7) is 17.2. The summed E-state index contributed by atoms with van der Waals surface area (Å²) in [4.78, 5) is 52.2. The molecule has 2 aromatic carbocycles. The van der Waals surface area contributed by atoms with Gasteiger partial charge in [-0.3, -0.25) is 19.0 Å². The Balaban J connectivity index is 0.000000234. The van der Waals surface area contributed by atoms with Crippen molar-refractivity contribution in [3.63, 3.8) is 0 Å². The molecule has 2 aromatic heterocycles. The Morgan fingerprint density at radius 2 is 1.09 bits per heavy atom. The number of urea groups is 2. The van der Waals surface area contributed by atoms with Crippen LogP contribution < -0.4 is 22.1 Å². The summed E-state index contributed by atoms with van der Waals surface area (Å²) in [5, 5.41) is 14.5. The first-order chi connectivity index (χ1) is 25.7. The SMILES string of the molecule is CC.CC(C)(C)NC(=O)N1CCn2nc(-c3ccc(F)c(F)c3)c(C(N)=O)c2C1.CC(C)(C)NC(=O)N1CCn2nc(-c3ccccc3F)c(C(N)=O)c2C1. The molecule has 0 saturated heterocycles. The molecule has 0 spiro atoms. The van der Waals surface area contributed by atoms with Crippen LogP contribution in [-0.2, 0) is 26.2 Å². The Hall–Kier alpha value is -5.87. The van der Waals surface area contributed by atoms with E-state index in [0.29, 0.717) is 37.6 Å². The lowest BCUT2D eigenvalue weighted by atomic mass is 10.0. The van der Waals surface area contributed by atoms with Crippen LogP contribution in [0.4, 0.5) is 22.8 Å². The van der Waals surface area contributed by atoms with E-state index >= 15 is 0 Å². The summed E-state index contributed by atoms with van der Waals surface area (Å²) in [7, 11) is 0. The van der Waals surface area contributed by atoms with Crippen molar-refractivity contribution >= 4 is 23.9 Å². The van der Waals surface area contributed by atoms with Crippen molar-refractivity contribution in [2.75, 3.05) is 13.1 Å². The van der Waals surface area contributed by atoms with Crippen molar-refractivity contribution in [1.29, 1.82) is 0 Å². The Morgan fingerprint density at radius 1 is 0.636 bits per heavy atom. The van der Waals surface area contributed by atoms with E-state index in [4.69, 9.17) is 11.5 Å². The molecule has 0 unspecified atom stereocenters. The van der Waals surface area contributed by atoms with E-state index in [1.54, 1.807) is 37.4 Å². The molecule has 0 aliphatic carbocycles. The number of aromatic nitrogens is 4. The number of rotatable bonds is 4. The van der Waals surface area contributed by atoms with Gasteiger partial charge in [0.2, 0.25) is 0 Å². The monoisotopic (exact) mass is 766 g/mol. The third kappa shape index (κ3) is 9.82. The number of carbonyl (C=O) groups excluding carboxylic acids is 4. The van der Waals surface area contributed by atoms with Gasteiger partial charge in [0.05, 0.1) is 48.7 Å². The predicted molar refractivity (Wildman–Crippen MR) is 201 cm³/mol. The molecule has 4 heterocycles. The van der Waals surface area contributed by atoms with Crippen molar-refractivity contribution in [3.05, 3.63) is 82.4 Å². The van der Waals surface area contributed by atoms with Crippen LogP contribution >= 0.6 is 0 Å². The van der Waals surface area contributed by atoms with Crippen molar-refractivity contribution in [3.8, 4) is 22.5 Å². The summed E-state index contributed by atoms with van der Waals surface area (Å²) in [5.41, 5.74) is 12.4. The third-order valence-electron chi connectivity index (χ3n) is 8.31. The quantitative estimate of drug-likeness (QED) is 0.216. The van der Waals surface area contributed by atoms with Gasteiger partial charge in [-0.15, -0.1) is 0 Å². The fraction of sp³-hybridized carbons (Fsp3) is 0.421. The number of benzene rings is 2. The lowest BCUT2D eigenvalue weighted by Gasteiger charge is -2.31. The van der Waals surface area contributed by atoms with Crippen LogP contribution in [0.2, 0.25) is 0 Å². The van der Waals surface area contributed by atoms with E-state index in [9.17, 15) is 32.3 Å². The van der Waals surface area contributed by atoms with E-state index in [2.05, 4.69) is 20.8 Å². The number of halogens is 3. The lowest BCUT2D eigenvalue weighted by molar-refractivity contribution is 0.0989. The number of hydrogen-bond acceptors (Lipinski definition) is 6. The number of nitrogens with one attached hydrogen (secondary N) is 2. The number of fused-ring (bicyclic) bond motifs is 2. The van der Waals surface area contributed by atoms with Gasteiger partial charge in [0, 0.05) is 35.3 Å². The molecule has 2 aliphatic heterocycles.